The van der Waals surface area contributed by atoms with E-state index in [1.54, 1.807) is 14.0 Å². The van der Waals surface area contributed by atoms with Gasteiger partial charge in [0.05, 0.1) is 19.7 Å². The summed E-state index contributed by atoms with van der Waals surface area (Å²) in [6.45, 7) is 5.57. The molecule has 0 bridgehead atoms. The highest BCUT2D eigenvalue weighted by Gasteiger charge is 2.33. The van der Waals surface area contributed by atoms with Crippen molar-refractivity contribution in [2.24, 2.45) is 0 Å². The van der Waals surface area contributed by atoms with Crippen LogP contribution in [0.3, 0.4) is 0 Å². The zero-order valence-corrected chi connectivity index (χ0v) is 17.9. The second kappa shape index (κ2) is 7.95. The molecule has 0 saturated carbocycles. The first-order chi connectivity index (χ1) is 14.7. The number of anilines is 2. The molecule has 3 aliphatic heterocycles. The summed E-state index contributed by atoms with van der Waals surface area (Å²) < 4.78 is 13.4. The molecule has 1 aromatic carbocycles. The predicted octanol–water partition coefficient (Wildman–Crippen LogP) is 3.23. The molecule has 30 heavy (non-hydrogen) atoms. The molecule has 1 aromatic heterocycles. The second-order valence-corrected chi connectivity index (χ2v) is 8.48. The summed E-state index contributed by atoms with van der Waals surface area (Å²) in [5.41, 5.74) is 5.01. The molecule has 0 radical (unpaired) electrons. The van der Waals surface area contributed by atoms with Crippen LogP contribution in [-0.4, -0.2) is 54.0 Å². The highest BCUT2D eigenvalue weighted by molar-refractivity contribution is 5.75. The topological polar surface area (TPSA) is 59.8 Å². The van der Waals surface area contributed by atoms with Gasteiger partial charge in [0, 0.05) is 62.7 Å². The minimum atomic E-state index is 0.131. The van der Waals surface area contributed by atoms with Crippen LogP contribution in [0.25, 0.3) is 0 Å². The van der Waals surface area contributed by atoms with Gasteiger partial charge in [-0.2, -0.15) is 5.10 Å². The third kappa shape index (κ3) is 3.35. The van der Waals surface area contributed by atoms with Crippen molar-refractivity contribution in [1.29, 1.82) is 0 Å². The lowest BCUT2D eigenvalue weighted by Gasteiger charge is -2.32. The summed E-state index contributed by atoms with van der Waals surface area (Å²) in [6.07, 6.45) is 5.01. The molecule has 160 valence electrons. The van der Waals surface area contributed by atoms with E-state index in [9.17, 15) is 4.79 Å². The van der Waals surface area contributed by atoms with E-state index in [0.717, 1.165) is 70.0 Å². The fourth-order valence-corrected chi connectivity index (χ4v) is 5.05. The molecule has 1 fully saturated rings. The van der Waals surface area contributed by atoms with Gasteiger partial charge in [-0.25, -0.2) is 0 Å². The Morgan fingerprint density at radius 2 is 2.03 bits per heavy atom. The maximum Gasteiger partial charge on any atom is 0.219 e. The van der Waals surface area contributed by atoms with E-state index < -0.39 is 0 Å². The van der Waals surface area contributed by atoms with Crippen molar-refractivity contribution >= 4 is 17.4 Å². The zero-order chi connectivity index (χ0) is 20.7. The Labute approximate surface area is 177 Å². The van der Waals surface area contributed by atoms with Crippen LogP contribution in [0.5, 0.6) is 5.75 Å². The van der Waals surface area contributed by atoms with Crippen molar-refractivity contribution in [3.63, 3.8) is 0 Å². The Morgan fingerprint density at radius 3 is 2.80 bits per heavy atom. The molecule has 5 rings (SSSR count). The van der Waals surface area contributed by atoms with Gasteiger partial charge in [0.2, 0.25) is 5.91 Å². The van der Waals surface area contributed by atoms with Crippen molar-refractivity contribution in [2.45, 2.75) is 51.6 Å². The number of hydrogen-bond donors (Lipinski definition) is 0. The highest BCUT2D eigenvalue weighted by atomic mass is 16.5. The summed E-state index contributed by atoms with van der Waals surface area (Å²) in [5.74, 6) is 2.01. The number of fused-ring (bicyclic) bond motifs is 2. The summed E-state index contributed by atoms with van der Waals surface area (Å²) >= 11 is 0. The predicted molar refractivity (Wildman–Crippen MR) is 114 cm³/mol. The van der Waals surface area contributed by atoms with Gasteiger partial charge in [-0.05, 0) is 37.3 Å². The first-order valence-corrected chi connectivity index (χ1v) is 11.0. The summed E-state index contributed by atoms with van der Waals surface area (Å²) in [4.78, 5) is 16.4. The number of aryl methyl sites for hydroxylation is 1. The minimum Gasteiger partial charge on any atom is -0.497 e. The second-order valence-electron chi connectivity index (χ2n) is 8.48. The van der Waals surface area contributed by atoms with E-state index in [1.165, 1.54) is 22.5 Å². The minimum absolute atomic E-state index is 0.131. The Morgan fingerprint density at radius 1 is 1.20 bits per heavy atom. The van der Waals surface area contributed by atoms with Gasteiger partial charge in [0.15, 0.2) is 5.82 Å². The average Bonchev–Trinajstić information content (AvgIpc) is 3.17. The molecule has 2 aromatic rings. The van der Waals surface area contributed by atoms with Gasteiger partial charge >= 0.3 is 0 Å². The zero-order valence-electron chi connectivity index (χ0n) is 17.9. The Kier molecular flexibility index (Phi) is 5.15. The SMILES string of the molecule is COc1ccc2c(c1)N(c1nn(C3CCOCC3)c3c1CN(C(C)=O)CC3)CCC2. The summed E-state index contributed by atoms with van der Waals surface area (Å²) in [5, 5.41) is 5.20. The van der Waals surface area contributed by atoms with Crippen LogP contribution in [0, 0.1) is 0 Å². The number of ether oxygens (including phenoxy) is 2. The summed E-state index contributed by atoms with van der Waals surface area (Å²) in [6, 6.07) is 6.71. The van der Waals surface area contributed by atoms with Crippen molar-refractivity contribution in [2.75, 3.05) is 38.3 Å². The van der Waals surface area contributed by atoms with Crippen molar-refractivity contribution in [3.05, 3.63) is 35.0 Å². The maximum atomic E-state index is 12.1. The molecule has 3 aliphatic rings. The molecule has 4 heterocycles. The largest absolute Gasteiger partial charge is 0.497 e. The number of methoxy groups -OCH3 is 1. The van der Waals surface area contributed by atoms with Crippen LogP contribution < -0.4 is 9.64 Å². The standard InChI is InChI=1S/C23H30N4O3/c1-16(28)25-11-7-21-20(15-25)23(24-27(21)18-8-12-30-13-9-18)26-10-3-4-17-5-6-19(29-2)14-22(17)26/h5-6,14,18H,3-4,7-13,15H2,1-2H3. The van der Waals surface area contributed by atoms with E-state index in [1.807, 2.05) is 11.0 Å². The number of amides is 1. The Bertz CT molecular complexity index is 948. The quantitative estimate of drug-likeness (QED) is 0.778. The normalized spacial score (nSPS) is 19.4. The van der Waals surface area contributed by atoms with Gasteiger partial charge in [-0.1, -0.05) is 6.07 Å². The smallest absolute Gasteiger partial charge is 0.219 e. The van der Waals surface area contributed by atoms with E-state index in [2.05, 4.69) is 21.7 Å². The lowest BCUT2D eigenvalue weighted by molar-refractivity contribution is -0.129. The number of hydrogen-bond acceptors (Lipinski definition) is 5. The maximum absolute atomic E-state index is 12.1. The van der Waals surface area contributed by atoms with Crippen molar-refractivity contribution < 1.29 is 14.3 Å². The fraction of sp³-hybridized carbons (Fsp3) is 0.565. The van der Waals surface area contributed by atoms with E-state index >= 15 is 0 Å². The fourth-order valence-electron chi connectivity index (χ4n) is 5.05. The Hall–Kier alpha value is -2.54. The van der Waals surface area contributed by atoms with Gasteiger partial charge in [-0.3, -0.25) is 9.48 Å². The number of aromatic nitrogens is 2. The van der Waals surface area contributed by atoms with Crippen molar-refractivity contribution in [1.82, 2.24) is 14.7 Å². The van der Waals surface area contributed by atoms with Gasteiger partial charge < -0.3 is 19.3 Å². The third-order valence-electron chi connectivity index (χ3n) is 6.71. The number of carbonyl (C=O) groups excluding carboxylic acids is 1. The van der Waals surface area contributed by atoms with Crippen molar-refractivity contribution in [3.8, 4) is 5.75 Å². The number of rotatable bonds is 3. The lowest BCUT2D eigenvalue weighted by atomic mass is 9.99. The van der Waals surface area contributed by atoms with Crippen LogP contribution in [-0.2, 0) is 28.9 Å². The molecule has 7 nitrogen and oxygen atoms in total. The first kappa shape index (κ1) is 19.4. The monoisotopic (exact) mass is 410 g/mol. The van der Waals surface area contributed by atoms with Crippen LogP contribution >= 0.6 is 0 Å². The number of carbonyl (C=O) groups is 1. The van der Waals surface area contributed by atoms with Gasteiger partial charge in [0.1, 0.15) is 5.75 Å². The van der Waals surface area contributed by atoms with Gasteiger partial charge in [-0.15, -0.1) is 0 Å². The molecular formula is C23H30N4O3. The molecule has 1 saturated heterocycles. The number of nitrogens with zero attached hydrogens (tertiary/aromatic N) is 4. The molecule has 0 spiro atoms. The molecule has 0 aliphatic carbocycles. The van der Waals surface area contributed by atoms with Gasteiger partial charge in [0.25, 0.3) is 0 Å². The van der Waals surface area contributed by atoms with E-state index in [0.29, 0.717) is 12.6 Å². The van der Waals surface area contributed by atoms with E-state index in [-0.39, 0.29) is 5.91 Å². The molecular weight excluding hydrogens is 380 g/mol. The molecule has 0 N–H and O–H groups in total. The summed E-state index contributed by atoms with van der Waals surface area (Å²) in [7, 11) is 1.71. The van der Waals surface area contributed by atoms with Crippen LogP contribution in [0.4, 0.5) is 11.5 Å². The van der Waals surface area contributed by atoms with Crippen LogP contribution in [0.2, 0.25) is 0 Å². The molecule has 1 amide bonds. The third-order valence-corrected chi connectivity index (χ3v) is 6.71. The van der Waals surface area contributed by atoms with E-state index in [4.69, 9.17) is 14.6 Å². The van der Waals surface area contributed by atoms with Crippen LogP contribution in [0.1, 0.15) is 49.0 Å². The molecule has 7 heteroatoms. The lowest BCUT2D eigenvalue weighted by Crippen LogP contribution is -2.36. The first-order valence-electron chi connectivity index (χ1n) is 11.0. The Balaban J connectivity index is 1.60. The number of benzene rings is 1. The van der Waals surface area contributed by atoms with Crippen LogP contribution in [0.15, 0.2) is 18.2 Å². The highest BCUT2D eigenvalue weighted by Crippen LogP contribution is 2.40. The molecule has 0 unspecified atom stereocenters. The molecule has 0 atom stereocenters. The average molecular weight is 411 g/mol.